The zero-order valence-corrected chi connectivity index (χ0v) is 11.8. The number of carbonyl (C=O) groups excluding carboxylic acids is 1. The van der Waals surface area contributed by atoms with Crippen molar-refractivity contribution in [3.63, 3.8) is 0 Å². The maximum atomic E-state index is 12.1. The van der Waals surface area contributed by atoms with Crippen LogP contribution in [0.2, 0.25) is 0 Å². The summed E-state index contributed by atoms with van der Waals surface area (Å²) in [5.74, 6) is 1.03. The van der Waals surface area contributed by atoms with Crippen LogP contribution in [0, 0.1) is 13.8 Å². The van der Waals surface area contributed by atoms with Gasteiger partial charge in [-0.1, -0.05) is 6.07 Å². The van der Waals surface area contributed by atoms with E-state index in [1.807, 2.05) is 31.2 Å². The third kappa shape index (κ3) is 2.74. The molecule has 6 heteroatoms. The van der Waals surface area contributed by atoms with E-state index in [2.05, 4.69) is 25.5 Å². The fourth-order valence-corrected chi connectivity index (χ4v) is 2.23. The van der Waals surface area contributed by atoms with Gasteiger partial charge in [-0.2, -0.15) is 5.10 Å². The minimum absolute atomic E-state index is 0.139. The summed E-state index contributed by atoms with van der Waals surface area (Å²) in [7, 11) is 0. The molecule has 3 rings (SSSR count). The van der Waals surface area contributed by atoms with E-state index < -0.39 is 0 Å². The standard InChI is InChI=1S/C15H15N5O/c1-9-5-6-12(11-4-3-7-16-15(9)11)18-14(21)8-13-17-10(2)19-20-13/h3-7H,8H2,1-2H3,(H,18,21)(H,17,19,20). The average molecular weight is 281 g/mol. The lowest BCUT2D eigenvalue weighted by molar-refractivity contribution is -0.115. The lowest BCUT2D eigenvalue weighted by atomic mass is 10.1. The zero-order chi connectivity index (χ0) is 14.8. The lowest BCUT2D eigenvalue weighted by Crippen LogP contribution is -2.15. The smallest absolute Gasteiger partial charge is 0.232 e. The molecule has 3 aromatic rings. The van der Waals surface area contributed by atoms with E-state index in [4.69, 9.17) is 0 Å². The van der Waals surface area contributed by atoms with Crippen molar-refractivity contribution >= 4 is 22.5 Å². The number of aromatic nitrogens is 4. The molecule has 0 unspecified atom stereocenters. The van der Waals surface area contributed by atoms with Crippen molar-refractivity contribution in [2.24, 2.45) is 0 Å². The molecular weight excluding hydrogens is 266 g/mol. The molecule has 0 atom stereocenters. The number of benzene rings is 1. The summed E-state index contributed by atoms with van der Waals surface area (Å²) in [6.45, 7) is 3.80. The number of nitrogens with one attached hydrogen (secondary N) is 2. The topological polar surface area (TPSA) is 83.6 Å². The summed E-state index contributed by atoms with van der Waals surface area (Å²) in [5.41, 5.74) is 2.72. The summed E-state index contributed by atoms with van der Waals surface area (Å²) >= 11 is 0. The van der Waals surface area contributed by atoms with Crippen LogP contribution >= 0.6 is 0 Å². The van der Waals surface area contributed by atoms with Gasteiger partial charge in [-0.15, -0.1) is 0 Å². The molecule has 6 nitrogen and oxygen atoms in total. The second-order valence-electron chi connectivity index (χ2n) is 4.89. The zero-order valence-electron chi connectivity index (χ0n) is 11.8. The Morgan fingerprint density at radius 2 is 2.14 bits per heavy atom. The molecule has 106 valence electrons. The molecule has 21 heavy (non-hydrogen) atoms. The van der Waals surface area contributed by atoms with Crippen molar-refractivity contribution in [1.82, 2.24) is 20.2 Å². The summed E-state index contributed by atoms with van der Waals surface area (Å²) in [5, 5.41) is 10.5. The summed E-state index contributed by atoms with van der Waals surface area (Å²) in [4.78, 5) is 20.6. The molecule has 0 aliphatic carbocycles. The van der Waals surface area contributed by atoms with Gasteiger partial charge in [-0.05, 0) is 37.6 Å². The highest BCUT2D eigenvalue weighted by Crippen LogP contribution is 2.24. The minimum Gasteiger partial charge on any atom is -0.325 e. The molecule has 2 heterocycles. The molecule has 0 saturated carbocycles. The van der Waals surface area contributed by atoms with Gasteiger partial charge in [-0.25, -0.2) is 4.98 Å². The number of fused-ring (bicyclic) bond motifs is 1. The van der Waals surface area contributed by atoms with E-state index >= 15 is 0 Å². The molecule has 0 fully saturated rings. The van der Waals surface area contributed by atoms with Crippen LogP contribution in [0.15, 0.2) is 30.5 Å². The quantitative estimate of drug-likeness (QED) is 0.770. The highest BCUT2D eigenvalue weighted by molar-refractivity contribution is 6.02. The fraction of sp³-hybridized carbons (Fsp3) is 0.200. The highest BCUT2D eigenvalue weighted by Gasteiger charge is 2.10. The van der Waals surface area contributed by atoms with Crippen LogP contribution in [0.3, 0.4) is 0 Å². The number of aromatic amines is 1. The van der Waals surface area contributed by atoms with Crippen LogP contribution in [-0.4, -0.2) is 26.1 Å². The van der Waals surface area contributed by atoms with Gasteiger partial charge < -0.3 is 5.32 Å². The van der Waals surface area contributed by atoms with Crippen LogP contribution in [0.25, 0.3) is 10.9 Å². The van der Waals surface area contributed by atoms with Gasteiger partial charge in [0.1, 0.15) is 5.82 Å². The highest BCUT2D eigenvalue weighted by atomic mass is 16.1. The van der Waals surface area contributed by atoms with Gasteiger partial charge in [0.05, 0.1) is 17.6 Å². The van der Waals surface area contributed by atoms with Crippen LogP contribution in [0.4, 0.5) is 5.69 Å². The van der Waals surface area contributed by atoms with Gasteiger partial charge in [0.2, 0.25) is 5.91 Å². The first-order chi connectivity index (χ1) is 10.1. The fourth-order valence-electron chi connectivity index (χ4n) is 2.23. The molecule has 0 spiro atoms. The van der Waals surface area contributed by atoms with Crippen molar-refractivity contribution in [3.05, 3.63) is 47.7 Å². The average Bonchev–Trinajstić information content (AvgIpc) is 2.87. The number of rotatable bonds is 3. The SMILES string of the molecule is Cc1nc(CC(=O)Nc2ccc(C)c3ncccc23)n[nH]1. The number of amides is 1. The predicted octanol–water partition coefficient (Wildman–Crippen LogP) is 2.15. The number of carbonyl (C=O) groups is 1. The number of nitrogens with zero attached hydrogens (tertiary/aromatic N) is 3. The van der Waals surface area contributed by atoms with Crippen molar-refractivity contribution in [1.29, 1.82) is 0 Å². The third-order valence-electron chi connectivity index (χ3n) is 3.21. The van der Waals surface area contributed by atoms with Crippen molar-refractivity contribution in [2.75, 3.05) is 5.32 Å². The minimum atomic E-state index is -0.150. The second-order valence-corrected chi connectivity index (χ2v) is 4.89. The van der Waals surface area contributed by atoms with Gasteiger partial charge in [0.15, 0.2) is 5.82 Å². The second kappa shape index (κ2) is 5.32. The Bertz CT molecular complexity index is 809. The Labute approximate surface area is 121 Å². The van der Waals surface area contributed by atoms with Crippen LogP contribution < -0.4 is 5.32 Å². The van der Waals surface area contributed by atoms with E-state index in [0.29, 0.717) is 11.6 Å². The van der Waals surface area contributed by atoms with Crippen LogP contribution in [-0.2, 0) is 11.2 Å². The largest absolute Gasteiger partial charge is 0.325 e. The number of hydrogen-bond donors (Lipinski definition) is 2. The Balaban J connectivity index is 1.85. The lowest BCUT2D eigenvalue weighted by Gasteiger charge is -2.09. The van der Waals surface area contributed by atoms with Crippen LogP contribution in [0.1, 0.15) is 17.2 Å². The van der Waals surface area contributed by atoms with Gasteiger partial charge >= 0.3 is 0 Å². The Morgan fingerprint density at radius 1 is 1.29 bits per heavy atom. The Hall–Kier alpha value is -2.76. The first kappa shape index (κ1) is 13.2. The number of pyridine rings is 1. The van der Waals surface area contributed by atoms with Crippen molar-refractivity contribution < 1.29 is 4.79 Å². The molecule has 0 aliphatic heterocycles. The molecule has 0 radical (unpaired) electrons. The maximum absolute atomic E-state index is 12.1. The van der Waals surface area contributed by atoms with E-state index in [9.17, 15) is 4.79 Å². The number of H-pyrrole nitrogens is 1. The Morgan fingerprint density at radius 3 is 2.90 bits per heavy atom. The van der Waals surface area contributed by atoms with E-state index in [-0.39, 0.29) is 12.3 Å². The molecule has 2 aromatic heterocycles. The third-order valence-corrected chi connectivity index (χ3v) is 3.21. The summed E-state index contributed by atoms with van der Waals surface area (Å²) in [6.07, 6.45) is 1.89. The first-order valence-corrected chi connectivity index (χ1v) is 6.65. The van der Waals surface area contributed by atoms with Crippen molar-refractivity contribution in [2.45, 2.75) is 20.3 Å². The molecule has 0 saturated heterocycles. The summed E-state index contributed by atoms with van der Waals surface area (Å²) in [6, 6.07) is 7.64. The van der Waals surface area contributed by atoms with E-state index in [1.165, 1.54) is 0 Å². The number of hydrogen-bond acceptors (Lipinski definition) is 4. The molecule has 1 amide bonds. The molecule has 2 N–H and O–H groups in total. The van der Waals surface area contributed by atoms with Crippen molar-refractivity contribution in [3.8, 4) is 0 Å². The van der Waals surface area contributed by atoms with Gasteiger partial charge in [0.25, 0.3) is 0 Å². The normalized spacial score (nSPS) is 10.8. The molecule has 0 bridgehead atoms. The molecule has 0 aliphatic rings. The monoisotopic (exact) mass is 281 g/mol. The van der Waals surface area contributed by atoms with Crippen LogP contribution in [0.5, 0.6) is 0 Å². The summed E-state index contributed by atoms with van der Waals surface area (Å²) < 4.78 is 0. The first-order valence-electron chi connectivity index (χ1n) is 6.65. The molecule has 1 aromatic carbocycles. The maximum Gasteiger partial charge on any atom is 0.232 e. The van der Waals surface area contributed by atoms with E-state index in [0.717, 1.165) is 22.2 Å². The van der Waals surface area contributed by atoms with Gasteiger partial charge in [-0.3, -0.25) is 14.9 Å². The molecular formula is C15H15N5O. The predicted molar refractivity (Wildman–Crippen MR) is 79.9 cm³/mol. The number of aryl methyl sites for hydroxylation is 2. The van der Waals surface area contributed by atoms with E-state index in [1.54, 1.807) is 13.1 Å². The number of anilines is 1. The Kier molecular flexibility index (Phi) is 3.35. The van der Waals surface area contributed by atoms with Gasteiger partial charge in [0, 0.05) is 11.6 Å².